The number of carbonyl (C=O) groups is 2. The third-order valence-electron chi connectivity index (χ3n) is 3.64. The van der Waals surface area contributed by atoms with Gasteiger partial charge in [0.2, 0.25) is 5.91 Å². The lowest BCUT2D eigenvalue weighted by Gasteiger charge is -2.09. The first-order valence-electron chi connectivity index (χ1n) is 8.26. The number of furan rings is 1. The third-order valence-corrected chi connectivity index (χ3v) is 4.93. The fourth-order valence-electron chi connectivity index (χ4n) is 2.35. The first-order valence-corrected chi connectivity index (χ1v) is 9.62. The van der Waals surface area contributed by atoms with Crippen molar-refractivity contribution >= 4 is 46.6 Å². The van der Waals surface area contributed by atoms with Crippen molar-refractivity contribution in [2.24, 2.45) is 0 Å². The van der Waals surface area contributed by atoms with E-state index in [1.807, 2.05) is 6.07 Å². The molecule has 2 aromatic carbocycles. The summed E-state index contributed by atoms with van der Waals surface area (Å²) in [6.07, 6.45) is 1.44. The molecule has 2 N–H and O–H groups in total. The molecule has 28 heavy (non-hydrogen) atoms. The average molecular weight is 417 g/mol. The highest BCUT2D eigenvalue weighted by Gasteiger charge is 2.10. The third kappa shape index (κ3) is 5.31. The van der Waals surface area contributed by atoms with Crippen LogP contribution < -0.4 is 15.4 Å². The molecule has 0 saturated carbocycles. The maximum atomic E-state index is 12.2. The number of thioether (sulfide) groups is 1. The number of carbonyl (C=O) groups excluding carboxylic acids is 2. The highest BCUT2D eigenvalue weighted by atomic mass is 35.5. The van der Waals surface area contributed by atoms with E-state index >= 15 is 0 Å². The average Bonchev–Trinajstić information content (AvgIpc) is 3.22. The summed E-state index contributed by atoms with van der Waals surface area (Å²) in [5.41, 5.74) is 1.21. The largest absolute Gasteiger partial charge is 0.495 e. The van der Waals surface area contributed by atoms with Crippen molar-refractivity contribution < 1.29 is 18.7 Å². The van der Waals surface area contributed by atoms with Crippen molar-refractivity contribution in [2.45, 2.75) is 4.90 Å². The quantitative estimate of drug-likeness (QED) is 0.534. The molecule has 0 unspecified atom stereocenters. The van der Waals surface area contributed by atoms with E-state index in [0.29, 0.717) is 22.1 Å². The Balaban J connectivity index is 1.55. The van der Waals surface area contributed by atoms with E-state index in [9.17, 15) is 9.59 Å². The number of benzene rings is 2. The van der Waals surface area contributed by atoms with Crippen molar-refractivity contribution in [1.29, 1.82) is 0 Å². The summed E-state index contributed by atoms with van der Waals surface area (Å²) in [5, 5.41) is 5.97. The van der Waals surface area contributed by atoms with Crippen LogP contribution in [-0.4, -0.2) is 24.7 Å². The van der Waals surface area contributed by atoms with Crippen molar-refractivity contribution in [2.75, 3.05) is 23.5 Å². The molecule has 0 aliphatic rings. The smallest absolute Gasteiger partial charge is 0.291 e. The minimum atomic E-state index is -0.332. The van der Waals surface area contributed by atoms with Crippen molar-refractivity contribution in [3.05, 3.63) is 71.6 Å². The number of hydrogen-bond acceptors (Lipinski definition) is 5. The summed E-state index contributed by atoms with van der Waals surface area (Å²) in [5.74, 6) is 0.481. The highest BCUT2D eigenvalue weighted by Crippen LogP contribution is 2.27. The monoisotopic (exact) mass is 416 g/mol. The molecule has 6 nitrogen and oxygen atoms in total. The van der Waals surface area contributed by atoms with E-state index in [-0.39, 0.29) is 23.3 Å². The van der Waals surface area contributed by atoms with Crippen molar-refractivity contribution in [3.8, 4) is 5.75 Å². The molecule has 3 aromatic rings. The molecule has 0 aliphatic heterocycles. The Morgan fingerprint density at radius 2 is 1.89 bits per heavy atom. The molecule has 2 amide bonds. The molecule has 0 saturated heterocycles. The van der Waals surface area contributed by atoms with Gasteiger partial charge in [-0.05, 0) is 48.5 Å². The number of methoxy groups -OCH3 is 1. The van der Waals surface area contributed by atoms with Gasteiger partial charge in [0.25, 0.3) is 5.91 Å². The zero-order valence-corrected chi connectivity index (χ0v) is 16.5. The van der Waals surface area contributed by atoms with Gasteiger partial charge >= 0.3 is 0 Å². The summed E-state index contributed by atoms with van der Waals surface area (Å²) < 4.78 is 10.2. The summed E-state index contributed by atoms with van der Waals surface area (Å²) in [4.78, 5) is 25.1. The molecular weight excluding hydrogens is 400 g/mol. The number of rotatable bonds is 7. The Morgan fingerprint density at radius 3 is 2.61 bits per heavy atom. The van der Waals surface area contributed by atoms with Gasteiger partial charge in [0.05, 0.1) is 24.1 Å². The Morgan fingerprint density at radius 1 is 1.07 bits per heavy atom. The van der Waals surface area contributed by atoms with Gasteiger partial charge in [-0.1, -0.05) is 17.7 Å². The second-order valence-corrected chi connectivity index (χ2v) is 7.10. The lowest BCUT2D eigenvalue weighted by molar-refractivity contribution is -0.113. The molecule has 0 radical (unpaired) electrons. The van der Waals surface area contributed by atoms with Crippen LogP contribution in [0.15, 0.2) is 70.2 Å². The molecular formula is C20H17ClN2O4S. The topological polar surface area (TPSA) is 80.6 Å². The van der Waals surface area contributed by atoms with E-state index in [2.05, 4.69) is 10.6 Å². The number of amides is 2. The molecule has 144 valence electrons. The standard InChI is InChI=1S/C20H17ClN2O4S/c1-26-17-8-7-14(11-16(17)21)22-19(24)12-28-15-5-2-4-13(10-15)23-20(25)18-6-3-9-27-18/h2-11H,12H2,1H3,(H,22,24)(H,23,25). The van der Waals surface area contributed by atoms with E-state index in [4.69, 9.17) is 20.8 Å². The zero-order chi connectivity index (χ0) is 19.9. The fraction of sp³-hybridized carbons (Fsp3) is 0.100. The van der Waals surface area contributed by atoms with Gasteiger partial charge in [-0.15, -0.1) is 11.8 Å². The van der Waals surface area contributed by atoms with Crippen LogP contribution in [0.5, 0.6) is 5.75 Å². The Bertz CT molecular complexity index is 976. The maximum absolute atomic E-state index is 12.2. The van der Waals surface area contributed by atoms with Crippen molar-refractivity contribution in [3.63, 3.8) is 0 Å². The Kier molecular flexibility index (Phi) is 6.62. The summed E-state index contributed by atoms with van der Waals surface area (Å²) in [6, 6.07) is 15.5. The molecule has 0 bridgehead atoms. The summed E-state index contributed by atoms with van der Waals surface area (Å²) in [7, 11) is 1.53. The predicted octanol–water partition coefficient (Wildman–Crippen LogP) is 4.92. The highest BCUT2D eigenvalue weighted by molar-refractivity contribution is 8.00. The molecule has 0 fully saturated rings. The number of halogens is 1. The lowest BCUT2D eigenvalue weighted by Crippen LogP contribution is -2.14. The number of ether oxygens (including phenoxy) is 1. The van der Waals surface area contributed by atoms with Gasteiger partial charge in [-0.3, -0.25) is 9.59 Å². The van der Waals surface area contributed by atoms with Crippen molar-refractivity contribution in [1.82, 2.24) is 0 Å². The van der Waals surface area contributed by atoms with E-state index in [1.165, 1.54) is 25.1 Å². The van der Waals surface area contributed by atoms with Gasteiger partial charge in [-0.25, -0.2) is 0 Å². The van der Waals surface area contributed by atoms with Gasteiger partial charge in [0.1, 0.15) is 5.75 Å². The lowest BCUT2D eigenvalue weighted by atomic mass is 10.3. The number of anilines is 2. The van der Waals surface area contributed by atoms with Crippen LogP contribution in [0.25, 0.3) is 0 Å². The van der Waals surface area contributed by atoms with E-state index in [0.717, 1.165) is 4.90 Å². The molecule has 8 heteroatoms. The van der Waals surface area contributed by atoms with E-state index in [1.54, 1.807) is 48.5 Å². The van der Waals surface area contributed by atoms with Gasteiger partial charge in [-0.2, -0.15) is 0 Å². The Hall–Kier alpha value is -2.90. The molecule has 1 heterocycles. The van der Waals surface area contributed by atoms with Gasteiger partial charge in [0.15, 0.2) is 5.76 Å². The maximum Gasteiger partial charge on any atom is 0.291 e. The summed E-state index contributed by atoms with van der Waals surface area (Å²) in [6.45, 7) is 0. The minimum Gasteiger partial charge on any atom is -0.495 e. The number of nitrogens with one attached hydrogen (secondary N) is 2. The van der Waals surface area contributed by atoms with Crippen LogP contribution in [0, 0.1) is 0 Å². The molecule has 0 atom stereocenters. The number of hydrogen-bond donors (Lipinski definition) is 2. The zero-order valence-electron chi connectivity index (χ0n) is 14.9. The predicted molar refractivity (Wildman–Crippen MR) is 110 cm³/mol. The van der Waals surface area contributed by atoms with Gasteiger partial charge in [0, 0.05) is 16.3 Å². The molecule has 1 aromatic heterocycles. The van der Waals surface area contributed by atoms with Gasteiger partial charge < -0.3 is 19.8 Å². The Labute approximate surface area is 171 Å². The molecule has 0 aliphatic carbocycles. The molecule has 0 spiro atoms. The van der Waals surface area contributed by atoms with Crippen LogP contribution >= 0.6 is 23.4 Å². The minimum absolute atomic E-state index is 0.170. The first-order chi connectivity index (χ1) is 13.5. The first kappa shape index (κ1) is 19.9. The van der Waals surface area contributed by atoms with Crippen LogP contribution in [-0.2, 0) is 4.79 Å². The fourth-order valence-corrected chi connectivity index (χ4v) is 3.37. The summed E-state index contributed by atoms with van der Waals surface area (Å²) >= 11 is 7.41. The van der Waals surface area contributed by atoms with Crippen LogP contribution in [0.4, 0.5) is 11.4 Å². The van der Waals surface area contributed by atoms with Crippen LogP contribution in [0.3, 0.4) is 0 Å². The second kappa shape index (κ2) is 9.34. The van der Waals surface area contributed by atoms with Crippen LogP contribution in [0.1, 0.15) is 10.6 Å². The SMILES string of the molecule is COc1ccc(NC(=O)CSc2cccc(NC(=O)c3ccco3)c2)cc1Cl. The van der Waals surface area contributed by atoms with E-state index < -0.39 is 0 Å². The second-order valence-electron chi connectivity index (χ2n) is 5.65. The molecule has 3 rings (SSSR count). The van der Waals surface area contributed by atoms with Crippen LogP contribution in [0.2, 0.25) is 5.02 Å². The normalized spacial score (nSPS) is 10.4.